The number of nitrogens with zero attached hydrogens (tertiary/aromatic N) is 1. The molecular weight excluding hydrogens is 260 g/mol. The minimum absolute atomic E-state index is 0.484. The molecule has 124 valence electrons. The average molecular weight is 296 g/mol. The molecule has 0 saturated heterocycles. The molecule has 0 aliphatic heterocycles. The molecule has 2 aliphatic carbocycles. The molecule has 2 saturated carbocycles. The van der Waals surface area contributed by atoms with Gasteiger partial charge in [-0.2, -0.15) is 0 Å². The summed E-state index contributed by atoms with van der Waals surface area (Å²) in [6.45, 7) is 9.06. The standard InChI is InChI=1S/C18H36N2O/c1-15-7-9-18(10-8-15,13-19-11-12-21-4)14-20(3)16(2)17-5-6-17/h15-17,19H,5-14H2,1-4H3. The van der Waals surface area contributed by atoms with Crippen LogP contribution in [0.1, 0.15) is 52.4 Å². The van der Waals surface area contributed by atoms with E-state index in [0.717, 1.165) is 37.6 Å². The molecule has 2 rings (SSSR count). The molecule has 0 aromatic heterocycles. The van der Waals surface area contributed by atoms with E-state index >= 15 is 0 Å². The fourth-order valence-electron chi connectivity index (χ4n) is 3.90. The van der Waals surface area contributed by atoms with Crippen LogP contribution < -0.4 is 5.32 Å². The maximum atomic E-state index is 5.17. The monoisotopic (exact) mass is 296 g/mol. The fourth-order valence-corrected chi connectivity index (χ4v) is 3.90. The summed E-state index contributed by atoms with van der Waals surface area (Å²) in [5.41, 5.74) is 0.484. The van der Waals surface area contributed by atoms with Gasteiger partial charge in [0.1, 0.15) is 0 Å². The predicted octanol–water partition coefficient (Wildman–Crippen LogP) is 3.15. The molecule has 3 heteroatoms. The lowest BCUT2D eigenvalue weighted by atomic mass is 9.70. The van der Waals surface area contributed by atoms with Crippen LogP contribution in [0.25, 0.3) is 0 Å². The van der Waals surface area contributed by atoms with E-state index in [4.69, 9.17) is 4.74 Å². The quantitative estimate of drug-likeness (QED) is 0.662. The molecule has 1 atom stereocenters. The van der Waals surface area contributed by atoms with Crippen LogP contribution in [0.3, 0.4) is 0 Å². The number of ether oxygens (including phenoxy) is 1. The van der Waals surface area contributed by atoms with Gasteiger partial charge in [-0.1, -0.05) is 19.8 Å². The molecule has 0 spiro atoms. The second-order valence-corrected chi connectivity index (χ2v) is 7.85. The van der Waals surface area contributed by atoms with Crippen LogP contribution in [0.2, 0.25) is 0 Å². The van der Waals surface area contributed by atoms with Gasteiger partial charge in [-0.25, -0.2) is 0 Å². The molecule has 2 aliphatic rings. The first-order valence-electron chi connectivity index (χ1n) is 8.96. The van der Waals surface area contributed by atoms with Crippen LogP contribution in [-0.2, 0) is 4.74 Å². The lowest BCUT2D eigenvalue weighted by molar-refractivity contribution is 0.0750. The van der Waals surface area contributed by atoms with Gasteiger partial charge in [0, 0.05) is 32.8 Å². The van der Waals surface area contributed by atoms with E-state index in [1.165, 1.54) is 45.1 Å². The zero-order valence-electron chi connectivity index (χ0n) is 14.7. The second-order valence-electron chi connectivity index (χ2n) is 7.85. The summed E-state index contributed by atoms with van der Waals surface area (Å²) < 4.78 is 5.17. The summed E-state index contributed by atoms with van der Waals surface area (Å²) in [7, 11) is 4.13. The maximum absolute atomic E-state index is 5.17. The number of rotatable bonds is 9. The highest BCUT2D eigenvalue weighted by Gasteiger charge is 2.38. The fraction of sp³-hybridized carbons (Fsp3) is 1.00. The Morgan fingerprint density at radius 2 is 1.90 bits per heavy atom. The highest BCUT2D eigenvalue weighted by Crippen LogP contribution is 2.41. The normalized spacial score (nSPS) is 31.6. The summed E-state index contributed by atoms with van der Waals surface area (Å²) >= 11 is 0. The predicted molar refractivity (Wildman–Crippen MR) is 89.6 cm³/mol. The Hall–Kier alpha value is -0.120. The number of hydrogen-bond donors (Lipinski definition) is 1. The largest absolute Gasteiger partial charge is 0.383 e. The van der Waals surface area contributed by atoms with Crippen LogP contribution >= 0.6 is 0 Å². The smallest absolute Gasteiger partial charge is 0.0587 e. The maximum Gasteiger partial charge on any atom is 0.0587 e. The lowest BCUT2D eigenvalue weighted by Gasteiger charge is -2.43. The van der Waals surface area contributed by atoms with Crippen LogP contribution in [0.5, 0.6) is 0 Å². The van der Waals surface area contributed by atoms with E-state index in [-0.39, 0.29) is 0 Å². The van der Waals surface area contributed by atoms with E-state index in [9.17, 15) is 0 Å². The molecule has 2 fully saturated rings. The van der Waals surface area contributed by atoms with E-state index in [0.29, 0.717) is 5.41 Å². The van der Waals surface area contributed by atoms with Crippen LogP contribution in [-0.4, -0.2) is 51.3 Å². The number of methoxy groups -OCH3 is 1. The van der Waals surface area contributed by atoms with Gasteiger partial charge in [0.15, 0.2) is 0 Å². The first-order valence-corrected chi connectivity index (χ1v) is 8.96. The lowest BCUT2D eigenvalue weighted by Crippen LogP contribution is -2.48. The second kappa shape index (κ2) is 7.94. The van der Waals surface area contributed by atoms with Gasteiger partial charge in [-0.3, -0.25) is 0 Å². The van der Waals surface area contributed by atoms with E-state index in [2.05, 4.69) is 31.1 Å². The number of nitrogens with one attached hydrogen (secondary N) is 1. The molecule has 0 aromatic rings. The third-order valence-corrected chi connectivity index (χ3v) is 5.90. The van der Waals surface area contributed by atoms with Gasteiger partial charge in [0.25, 0.3) is 0 Å². The third kappa shape index (κ3) is 5.22. The van der Waals surface area contributed by atoms with E-state index in [1.54, 1.807) is 7.11 Å². The van der Waals surface area contributed by atoms with Crippen LogP contribution in [0, 0.1) is 17.3 Å². The van der Waals surface area contributed by atoms with Gasteiger partial charge in [-0.15, -0.1) is 0 Å². The summed E-state index contributed by atoms with van der Waals surface area (Å²) in [4.78, 5) is 2.64. The summed E-state index contributed by atoms with van der Waals surface area (Å²) in [5.74, 6) is 1.89. The van der Waals surface area contributed by atoms with Gasteiger partial charge in [0.05, 0.1) is 6.61 Å². The van der Waals surface area contributed by atoms with Crippen molar-refractivity contribution in [3.05, 3.63) is 0 Å². The molecule has 21 heavy (non-hydrogen) atoms. The Morgan fingerprint density at radius 3 is 2.48 bits per heavy atom. The first kappa shape index (κ1) is 17.2. The van der Waals surface area contributed by atoms with Crippen molar-refractivity contribution in [1.82, 2.24) is 10.2 Å². The molecular formula is C18H36N2O. The van der Waals surface area contributed by atoms with Gasteiger partial charge >= 0.3 is 0 Å². The summed E-state index contributed by atoms with van der Waals surface area (Å²) in [6.07, 6.45) is 8.46. The first-order chi connectivity index (χ1) is 10.1. The summed E-state index contributed by atoms with van der Waals surface area (Å²) in [6, 6.07) is 0.764. The van der Waals surface area contributed by atoms with E-state index < -0.39 is 0 Å². The zero-order chi connectivity index (χ0) is 15.3. The van der Waals surface area contributed by atoms with Crippen molar-refractivity contribution in [2.75, 3.05) is 40.4 Å². The zero-order valence-corrected chi connectivity index (χ0v) is 14.7. The average Bonchev–Trinajstić information content (AvgIpc) is 3.31. The highest BCUT2D eigenvalue weighted by atomic mass is 16.5. The summed E-state index contributed by atoms with van der Waals surface area (Å²) in [5, 5.41) is 3.65. The Balaban J connectivity index is 1.87. The van der Waals surface area contributed by atoms with Crippen molar-refractivity contribution < 1.29 is 4.74 Å². The molecule has 0 bridgehead atoms. The molecule has 1 N–H and O–H groups in total. The van der Waals surface area contributed by atoms with Crippen LogP contribution in [0.4, 0.5) is 0 Å². The van der Waals surface area contributed by atoms with Gasteiger partial charge in [-0.05, 0) is 56.9 Å². The molecule has 0 aromatic carbocycles. The van der Waals surface area contributed by atoms with Crippen molar-refractivity contribution in [2.45, 2.75) is 58.4 Å². The van der Waals surface area contributed by atoms with Crippen molar-refractivity contribution in [1.29, 1.82) is 0 Å². The Kier molecular flexibility index (Phi) is 6.51. The Bertz CT molecular complexity index is 296. The highest BCUT2D eigenvalue weighted by molar-refractivity contribution is 4.92. The van der Waals surface area contributed by atoms with Crippen molar-refractivity contribution in [3.8, 4) is 0 Å². The molecule has 3 nitrogen and oxygen atoms in total. The molecule has 0 radical (unpaired) electrons. The molecule has 0 heterocycles. The Labute approximate surface area is 131 Å². The minimum atomic E-state index is 0.484. The number of hydrogen-bond acceptors (Lipinski definition) is 3. The Morgan fingerprint density at radius 1 is 1.24 bits per heavy atom. The topological polar surface area (TPSA) is 24.5 Å². The van der Waals surface area contributed by atoms with Crippen molar-refractivity contribution in [3.63, 3.8) is 0 Å². The minimum Gasteiger partial charge on any atom is -0.383 e. The third-order valence-electron chi connectivity index (χ3n) is 5.90. The molecule has 0 amide bonds. The molecule has 1 unspecified atom stereocenters. The van der Waals surface area contributed by atoms with Gasteiger partial charge < -0.3 is 15.0 Å². The van der Waals surface area contributed by atoms with Gasteiger partial charge in [0.2, 0.25) is 0 Å². The van der Waals surface area contributed by atoms with Crippen molar-refractivity contribution >= 4 is 0 Å². The SMILES string of the molecule is COCCNCC1(CN(C)C(C)C2CC2)CCC(C)CC1. The van der Waals surface area contributed by atoms with Crippen LogP contribution in [0.15, 0.2) is 0 Å². The van der Waals surface area contributed by atoms with E-state index in [1.807, 2.05) is 0 Å². The van der Waals surface area contributed by atoms with Crippen molar-refractivity contribution in [2.24, 2.45) is 17.3 Å².